The van der Waals surface area contributed by atoms with Crippen molar-refractivity contribution in [2.24, 2.45) is 5.92 Å². The molecule has 0 saturated heterocycles. The van der Waals surface area contributed by atoms with Gasteiger partial charge in [-0.25, -0.2) is 8.42 Å². The molecule has 1 fully saturated rings. The normalized spacial score (nSPS) is 17.2. The second-order valence-corrected chi connectivity index (χ2v) is 8.02. The standard InChI is InChI=1S/C14H25N3O3S/c1-10(2)8-17(12-6-4-5-7-12)21(19,20)14-11(3)15-16-13(14)9-18/h10,12,18H,4-9H2,1-3H3,(H,15,16). The summed E-state index contributed by atoms with van der Waals surface area (Å²) in [5.41, 5.74) is 0.699. The molecule has 0 radical (unpaired) electrons. The van der Waals surface area contributed by atoms with E-state index in [2.05, 4.69) is 10.2 Å². The Kier molecular flexibility index (Phi) is 5.06. The maximum atomic E-state index is 13.1. The second kappa shape index (κ2) is 6.46. The van der Waals surface area contributed by atoms with E-state index < -0.39 is 10.0 Å². The van der Waals surface area contributed by atoms with Crippen molar-refractivity contribution < 1.29 is 13.5 Å². The molecular formula is C14H25N3O3S. The molecule has 1 aliphatic carbocycles. The number of hydrogen-bond donors (Lipinski definition) is 2. The summed E-state index contributed by atoms with van der Waals surface area (Å²) in [6.07, 6.45) is 3.98. The topological polar surface area (TPSA) is 86.3 Å². The Bertz CT molecular complexity index is 574. The lowest BCUT2D eigenvalue weighted by Gasteiger charge is -2.29. The number of aromatic nitrogens is 2. The van der Waals surface area contributed by atoms with Crippen molar-refractivity contribution in [3.05, 3.63) is 11.4 Å². The number of sulfonamides is 1. The van der Waals surface area contributed by atoms with E-state index in [1.54, 1.807) is 11.2 Å². The van der Waals surface area contributed by atoms with Gasteiger partial charge in [0, 0.05) is 12.6 Å². The summed E-state index contributed by atoms with van der Waals surface area (Å²) < 4.78 is 27.8. The van der Waals surface area contributed by atoms with Gasteiger partial charge in [-0.05, 0) is 25.7 Å². The van der Waals surface area contributed by atoms with Crippen LogP contribution in [0.25, 0.3) is 0 Å². The van der Waals surface area contributed by atoms with Crippen molar-refractivity contribution in [3.63, 3.8) is 0 Å². The SMILES string of the molecule is Cc1[nH]nc(CO)c1S(=O)(=O)N(CC(C)C)C1CCCC1. The van der Waals surface area contributed by atoms with Crippen molar-refractivity contribution in [2.45, 2.75) is 64.0 Å². The van der Waals surface area contributed by atoms with Gasteiger partial charge in [0.15, 0.2) is 0 Å². The molecule has 7 heteroatoms. The molecule has 0 amide bonds. The molecule has 2 rings (SSSR count). The molecular weight excluding hydrogens is 290 g/mol. The van der Waals surface area contributed by atoms with Gasteiger partial charge in [0.1, 0.15) is 10.6 Å². The first-order valence-corrected chi connectivity index (χ1v) is 8.98. The van der Waals surface area contributed by atoms with Crippen LogP contribution in [-0.4, -0.2) is 40.6 Å². The highest BCUT2D eigenvalue weighted by Gasteiger charge is 2.36. The molecule has 0 unspecified atom stereocenters. The van der Waals surface area contributed by atoms with Gasteiger partial charge < -0.3 is 5.11 Å². The van der Waals surface area contributed by atoms with E-state index in [-0.39, 0.29) is 29.2 Å². The minimum absolute atomic E-state index is 0.0678. The van der Waals surface area contributed by atoms with Crippen LogP contribution in [0.5, 0.6) is 0 Å². The Hall–Kier alpha value is -0.920. The summed E-state index contributed by atoms with van der Waals surface area (Å²) in [5, 5.41) is 15.9. The highest BCUT2D eigenvalue weighted by Crippen LogP contribution is 2.31. The summed E-state index contributed by atoms with van der Waals surface area (Å²) >= 11 is 0. The third-order valence-corrected chi connectivity index (χ3v) is 6.08. The van der Waals surface area contributed by atoms with Gasteiger partial charge in [-0.1, -0.05) is 26.7 Å². The molecule has 1 aromatic rings. The average Bonchev–Trinajstić information content (AvgIpc) is 3.04. The van der Waals surface area contributed by atoms with E-state index in [1.165, 1.54) is 0 Å². The van der Waals surface area contributed by atoms with Gasteiger partial charge in [-0.2, -0.15) is 9.40 Å². The van der Waals surface area contributed by atoms with Gasteiger partial charge in [0.2, 0.25) is 10.0 Å². The van der Waals surface area contributed by atoms with Crippen molar-refractivity contribution in [1.82, 2.24) is 14.5 Å². The molecule has 120 valence electrons. The van der Waals surface area contributed by atoms with Crippen LogP contribution in [0, 0.1) is 12.8 Å². The third-order valence-electron chi connectivity index (χ3n) is 3.95. The number of nitrogens with one attached hydrogen (secondary N) is 1. The third kappa shape index (κ3) is 3.30. The number of H-pyrrole nitrogens is 1. The number of nitrogens with zero attached hydrogens (tertiary/aromatic N) is 2. The first-order valence-electron chi connectivity index (χ1n) is 7.54. The minimum Gasteiger partial charge on any atom is -0.390 e. The highest BCUT2D eigenvalue weighted by molar-refractivity contribution is 7.89. The summed E-state index contributed by atoms with van der Waals surface area (Å²) in [4.78, 5) is 0.151. The summed E-state index contributed by atoms with van der Waals surface area (Å²) in [6, 6.07) is 0.0678. The number of aliphatic hydroxyl groups excluding tert-OH is 1. The molecule has 0 aromatic carbocycles. The van der Waals surface area contributed by atoms with Crippen molar-refractivity contribution in [1.29, 1.82) is 0 Å². The Morgan fingerprint density at radius 1 is 1.38 bits per heavy atom. The van der Waals surface area contributed by atoms with Crippen LogP contribution in [0.4, 0.5) is 0 Å². The quantitative estimate of drug-likeness (QED) is 0.838. The van der Waals surface area contributed by atoms with Gasteiger partial charge in [0.25, 0.3) is 0 Å². The van der Waals surface area contributed by atoms with Crippen LogP contribution in [0.3, 0.4) is 0 Å². The fourth-order valence-corrected chi connectivity index (χ4v) is 5.20. The van der Waals surface area contributed by atoms with Crippen molar-refractivity contribution in [2.75, 3.05) is 6.54 Å². The molecule has 1 saturated carbocycles. The van der Waals surface area contributed by atoms with E-state index in [1.807, 2.05) is 13.8 Å². The van der Waals surface area contributed by atoms with Crippen LogP contribution in [0.1, 0.15) is 50.9 Å². The molecule has 0 bridgehead atoms. The summed E-state index contributed by atoms with van der Waals surface area (Å²) in [6.45, 7) is 5.85. The minimum atomic E-state index is -3.63. The maximum Gasteiger partial charge on any atom is 0.247 e. The predicted octanol–water partition coefficient (Wildman–Crippen LogP) is 1.80. The highest BCUT2D eigenvalue weighted by atomic mass is 32.2. The lowest BCUT2D eigenvalue weighted by atomic mass is 10.2. The lowest BCUT2D eigenvalue weighted by molar-refractivity contribution is 0.270. The van der Waals surface area contributed by atoms with Crippen LogP contribution < -0.4 is 0 Å². The molecule has 0 spiro atoms. The molecule has 21 heavy (non-hydrogen) atoms. The van der Waals surface area contributed by atoms with Crippen molar-refractivity contribution in [3.8, 4) is 0 Å². The second-order valence-electron chi connectivity index (χ2n) is 6.19. The fraction of sp³-hybridized carbons (Fsp3) is 0.786. The molecule has 0 aliphatic heterocycles. The Balaban J connectivity index is 2.43. The largest absolute Gasteiger partial charge is 0.390 e. The Morgan fingerprint density at radius 3 is 2.52 bits per heavy atom. The zero-order chi connectivity index (χ0) is 15.6. The smallest absolute Gasteiger partial charge is 0.247 e. The van der Waals surface area contributed by atoms with Crippen LogP contribution >= 0.6 is 0 Å². The van der Waals surface area contributed by atoms with E-state index in [0.29, 0.717) is 12.2 Å². The van der Waals surface area contributed by atoms with Gasteiger partial charge in [0.05, 0.1) is 12.3 Å². The van der Waals surface area contributed by atoms with Crippen LogP contribution in [-0.2, 0) is 16.6 Å². The molecule has 2 N–H and O–H groups in total. The summed E-state index contributed by atoms with van der Waals surface area (Å²) in [7, 11) is -3.63. The van der Waals surface area contributed by atoms with E-state index in [9.17, 15) is 13.5 Å². The fourth-order valence-electron chi connectivity index (χ4n) is 3.03. The zero-order valence-corrected chi connectivity index (χ0v) is 13.8. The predicted molar refractivity (Wildman–Crippen MR) is 80.2 cm³/mol. The Morgan fingerprint density at radius 2 is 2.00 bits per heavy atom. The monoisotopic (exact) mass is 315 g/mol. The van der Waals surface area contributed by atoms with Crippen LogP contribution in [0.15, 0.2) is 4.90 Å². The van der Waals surface area contributed by atoms with Gasteiger partial charge in [-0.15, -0.1) is 0 Å². The van der Waals surface area contributed by atoms with E-state index >= 15 is 0 Å². The number of hydrogen-bond acceptors (Lipinski definition) is 4. The number of aliphatic hydroxyl groups is 1. The number of aromatic amines is 1. The molecule has 1 aliphatic rings. The molecule has 0 atom stereocenters. The van der Waals surface area contributed by atoms with Gasteiger partial charge in [-0.3, -0.25) is 5.10 Å². The number of aryl methyl sites for hydroxylation is 1. The molecule has 1 heterocycles. The maximum absolute atomic E-state index is 13.1. The van der Waals surface area contributed by atoms with Crippen molar-refractivity contribution >= 4 is 10.0 Å². The van der Waals surface area contributed by atoms with E-state index in [4.69, 9.17) is 0 Å². The van der Waals surface area contributed by atoms with E-state index in [0.717, 1.165) is 25.7 Å². The van der Waals surface area contributed by atoms with Crippen LogP contribution in [0.2, 0.25) is 0 Å². The number of rotatable bonds is 6. The first-order chi connectivity index (χ1) is 9.87. The Labute approximate surface area is 126 Å². The molecule has 1 aromatic heterocycles. The average molecular weight is 315 g/mol. The van der Waals surface area contributed by atoms with Gasteiger partial charge >= 0.3 is 0 Å². The zero-order valence-electron chi connectivity index (χ0n) is 13.0. The molecule has 6 nitrogen and oxygen atoms in total. The summed E-state index contributed by atoms with van der Waals surface area (Å²) in [5.74, 6) is 0.255. The first kappa shape index (κ1) is 16.5. The lowest BCUT2D eigenvalue weighted by Crippen LogP contribution is -2.41.